The van der Waals surface area contributed by atoms with Gasteiger partial charge in [0.25, 0.3) is 0 Å². The van der Waals surface area contributed by atoms with Gasteiger partial charge in [0.15, 0.2) is 6.29 Å². The first-order valence-corrected chi connectivity index (χ1v) is 25.4. The molecule has 60 heavy (non-hydrogen) atoms. The van der Waals surface area contributed by atoms with Gasteiger partial charge in [-0.2, -0.15) is 0 Å². The highest BCUT2D eigenvalue weighted by molar-refractivity contribution is 5.69. The molecule has 0 aromatic rings. The third-order valence-electron chi connectivity index (χ3n) is 11.9. The van der Waals surface area contributed by atoms with Crippen molar-refractivity contribution < 1.29 is 44.2 Å². The molecule has 1 aliphatic heterocycles. The Morgan fingerprint density at radius 1 is 0.533 bits per heavy atom. The molecule has 9 nitrogen and oxygen atoms in total. The van der Waals surface area contributed by atoms with E-state index in [2.05, 4.69) is 38.2 Å². The summed E-state index contributed by atoms with van der Waals surface area (Å²) >= 11 is 0. The average Bonchev–Trinajstić information content (AvgIpc) is 3.25. The highest BCUT2D eigenvalue weighted by Crippen LogP contribution is 2.23. The number of aliphatic hydroxyl groups is 4. The van der Waals surface area contributed by atoms with Crippen LogP contribution in [0.15, 0.2) is 24.3 Å². The van der Waals surface area contributed by atoms with E-state index in [1.165, 1.54) is 154 Å². The molecule has 0 amide bonds. The van der Waals surface area contributed by atoms with Crippen molar-refractivity contribution >= 4 is 5.97 Å². The van der Waals surface area contributed by atoms with Crippen LogP contribution >= 0.6 is 0 Å². The first-order chi connectivity index (χ1) is 29.4. The van der Waals surface area contributed by atoms with Gasteiger partial charge in [-0.1, -0.05) is 212 Å². The summed E-state index contributed by atoms with van der Waals surface area (Å²) in [6.07, 6.45) is 43.6. The molecule has 1 fully saturated rings. The number of aliphatic hydroxyl groups excluding tert-OH is 4. The first kappa shape index (κ1) is 56.7. The summed E-state index contributed by atoms with van der Waals surface area (Å²) in [6.45, 7) is 4.54. The molecular weight excluding hydrogens is 757 g/mol. The number of esters is 1. The molecule has 1 heterocycles. The Balaban J connectivity index is 2.17. The van der Waals surface area contributed by atoms with Gasteiger partial charge in [0, 0.05) is 13.0 Å². The van der Waals surface area contributed by atoms with Crippen LogP contribution in [0.5, 0.6) is 0 Å². The molecule has 1 saturated heterocycles. The molecule has 9 heteroatoms. The first-order valence-electron chi connectivity index (χ1n) is 25.4. The summed E-state index contributed by atoms with van der Waals surface area (Å²) in [4.78, 5) is 12.8. The van der Waals surface area contributed by atoms with Crippen LogP contribution in [0, 0.1) is 0 Å². The van der Waals surface area contributed by atoms with Gasteiger partial charge in [-0.15, -0.1) is 0 Å². The molecule has 0 bridgehead atoms. The molecule has 354 valence electrons. The number of hydrogen-bond donors (Lipinski definition) is 4. The third kappa shape index (κ3) is 33.3. The second kappa shape index (κ2) is 42.9. The van der Waals surface area contributed by atoms with Gasteiger partial charge >= 0.3 is 5.97 Å². The van der Waals surface area contributed by atoms with Crippen molar-refractivity contribution in [2.75, 3.05) is 26.4 Å². The number of allylic oxidation sites excluding steroid dienone is 4. The highest BCUT2D eigenvalue weighted by atomic mass is 16.7. The zero-order valence-corrected chi connectivity index (χ0v) is 39.0. The third-order valence-corrected chi connectivity index (χ3v) is 11.9. The smallest absolute Gasteiger partial charge is 0.306 e. The quantitative estimate of drug-likeness (QED) is 0.0268. The van der Waals surface area contributed by atoms with E-state index in [-0.39, 0.29) is 19.2 Å². The molecular formula is C51H96O9. The molecule has 0 radical (unpaired) electrons. The van der Waals surface area contributed by atoms with E-state index in [1.807, 2.05) is 0 Å². The van der Waals surface area contributed by atoms with Crippen molar-refractivity contribution in [3.8, 4) is 0 Å². The molecule has 0 aliphatic carbocycles. The Hall–Kier alpha value is -1.33. The maximum atomic E-state index is 12.8. The minimum absolute atomic E-state index is 0.115. The van der Waals surface area contributed by atoms with Crippen molar-refractivity contribution in [3.63, 3.8) is 0 Å². The van der Waals surface area contributed by atoms with E-state index in [9.17, 15) is 25.2 Å². The molecule has 0 aromatic carbocycles. The minimum Gasteiger partial charge on any atom is -0.457 e. The van der Waals surface area contributed by atoms with Crippen LogP contribution in [0.25, 0.3) is 0 Å². The van der Waals surface area contributed by atoms with E-state index >= 15 is 0 Å². The van der Waals surface area contributed by atoms with E-state index in [4.69, 9.17) is 18.9 Å². The number of hydrogen-bond acceptors (Lipinski definition) is 9. The predicted molar refractivity (Wildman–Crippen MR) is 247 cm³/mol. The van der Waals surface area contributed by atoms with Gasteiger partial charge in [0.1, 0.15) is 30.5 Å². The molecule has 0 saturated carbocycles. The van der Waals surface area contributed by atoms with E-state index in [0.29, 0.717) is 13.0 Å². The number of carbonyl (C=O) groups excluding carboxylic acids is 1. The zero-order valence-electron chi connectivity index (χ0n) is 39.0. The Bertz CT molecular complexity index is 972. The van der Waals surface area contributed by atoms with Crippen molar-refractivity contribution in [3.05, 3.63) is 24.3 Å². The lowest BCUT2D eigenvalue weighted by Crippen LogP contribution is -2.59. The van der Waals surface area contributed by atoms with Gasteiger partial charge in [-0.05, 0) is 38.5 Å². The van der Waals surface area contributed by atoms with E-state index in [1.54, 1.807) is 0 Å². The second-order valence-corrected chi connectivity index (χ2v) is 17.6. The molecule has 1 aliphatic rings. The second-order valence-electron chi connectivity index (χ2n) is 17.6. The fraction of sp³-hybridized carbons (Fsp3) is 0.902. The zero-order chi connectivity index (χ0) is 43.6. The highest BCUT2D eigenvalue weighted by Gasteiger charge is 2.44. The molecule has 4 N–H and O–H groups in total. The lowest BCUT2D eigenvalue weighted by molar-refractivity contribution is -0.305. The summed E-state index contributed by atoms with van der Waals surface area (Å²) in [5, 5.41) is 40.2. The summed E-state index contributed by atoms with van der Waals surface area (Å²) in [6, 6.07) is 0. The van der Waals surface area contributed by atoms with Crippen molar-refractivity contribution in [1.82, 2.24) is 0 Å². The van der Waals surface area contributed by atoms with E-state index in [0.717, 1.165) is 57.8 Å². The van der Waals surface area contributed by atoms with Gasteiger partial charge in [0.2, 0.25) is 0 Å². The number of rotatable bonds is 44. The molecule has 0 spiro atoms. The van der Waals surface area contributed by atoms with Crippen LogP contribution in [-0.2, 0) is 23.7 Å². The van der Waals surface area contributed by atoms with Gasteiger partial charge in [-0.25, -0.2) is 0 Å². The normalized spacial score (nSPS) is 20.1. The number of carbonyl (C=O) groups is 1. The summed E-state index contributed by atoms with van der Waals surface area (Å²) < 4.78 is 22.9. The lowest BCUT2D eigenvalue weighted by atomic mass is 9.99. The van der Waals surface area contributed by atoms with Crippen molar-refractivity contribution in [2.45, 2.75) is 269 Å². The molecule has 6 unspecified atom stereocenters. The fourth-order valence-corrected chi connectivity index (χ4v) is 7.86. The van der Waals surface area contributed by atoms with Gasteiger partial charge < -0.3 is 39.4 Å². The van der Waals surface area contributed by atoms with Crippen LogP contribution < -0.4 is 0 Å². The lowest BCUT2D eigenvalue weighted by Gasteiger charge is -2.39. The average molecular weight is 853 g/mol. The maximum absolute atomic E-state index is 12.8. The van der Waals surface area contributed by atoms with Crippen LogP contribution in [0.1, 0.15) is 232 Å². The van der Waals surface area contributed by atoms with Gasteiger partial charge in [-0.3, -0.25) is 4.79 Å². The topological polar surface area (TPSA) is 135 Å². The Morgan fingerprint density at radius 2 is 0.983 bits per heavy atom. The predicted octanol–water partition coefficient (Wildman–Crippen LogP) is 12.1. The van der Waals surface area contributed by atoms with Crippen LogP contribution in [0.4, 0.5) is 0 Å². The summed E-state index contributed by atoms with van der Waals surface area (Å²) in [7, 11) is 0. The monoisotopic (exact) mass is 853 g/mol. The molecule has 0 aromatic heterocycles. The number of unbranched alkanes of at least 4 members (excludes halogenated alkanes) is 29. The Morgan fingerprint density at radius 3 is 1.48 bits per heavy atom. The molecule has 1 rings (SSSR count). The minimum atomic E-state index is -1.54. The van der Waals surface area contributed by atoms with Crippen LogP contribution in [-0.4, -0.2) is 89.6 Å². The Kier molecular flexibility index (Phi) is 40.6. The maximum Gasteiger partial charge on any atom is 0.306 e. The van der Waals surface area contributed by atoms with E-state index < -0.39 is 43.4 Å². The number of ether oxygens (including phenoxy) is 4. The van der Waals surface area contributed by atoms with Crippen LogP contribution in [0.2, 0.25) is 0 Å². The Labute approximate surface area is 368 Å². The largest absolute Gasteiger partial charge is 0.457 e. The van der Waals surface area contributed by atoms with Crippen molar-refractivity contribution in [2.24, 2.45) is 0 Å². The summed E-state index contributed by atoms with van der Waals surface area (Å²) in [5.74, 6) is -0.324. The SMILES string of the molecule is CCCC/C=C\C/C=C\CCCCCCCC(=O)OC(COCCCCCCCCCCCCCCCCCCCCCCCCC)COC1OC(CO)C(O)C(O)C1O. The summed E-state index contributed by atoms with van der Waals surface area (Å²) in [5.41, 5.74) is 0. The standard InChI is InChI=1S/C51H96O9/c1-3-5-7-9-11-13-15-17-19-20-21-22-23-24-25-26-27-29-31-33-35-37-39-41-57-43-45(44-58-51-50(56)49(55)48(54)46(42-52)60-51)59-47(53)40-38-36-34-32-30-28-18-16-14-12-10-8-6-4-2/h10,12,16,18,45-46,48-52,54-56H,3-9,11,13-15,17,19-44H2,1-2H3/b12-10-,18-16-. The fourth-order valence-electron chi connectivity index (χ4n) is 7.86. The van der Waals surface area contributed by atoms with Crippen LogP contribution in [0.3, 0.4) is 0 Å². The van der Waals surface area contributed by atoms with Crippen molar-refractivity contribution in [1.29, 1.82) is 0 Å². The van der Waals surface area contributed by atoms with Gasteiger partial charge in [0.05, 0.1) is 19.8 Å². The molecule has 6 atom stereocenters.